The van der Waals surface area contributed by atoms with E-state index in [4.69, 9.17) is 19.9 Å². The minimum atomic E-state index is -0.270. The minimum absolute atomic E-state index is 0. The molecule has 2 unspecified atom stereocenters. The number of piperidine rings is 2. The standard InChI is InChI=1S/C31H36N8O2.C23H29N7O2.CH4/c1-4-21(3)33-24-14-12-23(13-15-24)29(41)34-25-9-8-10-26(19-25)35-31-37-30(36-28-22(5-2)20-32-39(28)31)38-17-7-6-11-27(38)16-18-40;1-3-16-15-24-30-21(16)27-22(29-12-6-5-10-19(29)11-13-31)28-23(30)26-18-9-7-8-17(14-18)25-20(32)4-2;/h4,8-10,12-15,19-20,27,33,40H,1,3,5-7,11,16-18H2,2H3,(H,34,41)(H,35,36,37);4,7-9,14-15,19,31H,2-3,5-6,10-13H2,1H3,(H,25,32)(H,26,27,28);1H4. The average molecular weight is 1000 g/mol. The van der Waals surface area contributed by atoms with Gasteiger partial charge in [0.25, 0.3) is 5.91 Å². The first-order valence-corrected chi connectivity index (χ1v) is 25.0. The lowest BCUT2D eigenvalue weighted by atomic mass is 10.0. The molecule has 0 saturated carbocycles. The smallest absolute Gasteiger partial charge is 0.255 e. The third-order valence-electron chi connectivity index (χ3n) is 13.0. The zero-order valence-electron chi connectivity index (χ0n) is 41.6. The number of carbonyl (C=O) groups is 2. The molecule has 388 valence electrons. The Balaban J connectivity index is 0.000000220. The van der Waals surface area contributed by atoms with E-state index in [-0.39, 0.29) is 44.5 Å². The third kappa shape index (κ3) is 12.9. The molecule has 2 atom stereocenters. The number of aliphatic hydroxyl groups excluding tert-OH is 2. The van der Waals surface area contributed by atoms with Gasteiger partial charge in [-0.1, -0.05) is 53.1 Å². The van der Waals surface area contributed by atoms with Crippen molar-refractivity contribution in [2.24, 2.45) is 0 Å². The molecule has 3 aromatic carbocycles. The number of aromatic nitrogens is 8. The van der Waals surface area contributed by atoms with Crippen LogP contribution in [-0.2, 0) is 17.6 Å². The highest BCUT2D eigenvalue weighted by molar-refractivity contribution is 6.04. The van der Waals surface area contributed by atoms with E-state index >= 15 is 0 Å². The highest BCUT2D eigenvalue weighted by atomic mass is 16.3. The van der Waals surface area contributed by atoms with Crippen LogP contribution in [0.2, 0.25) is 0 Å². The number of fused-ring (bicyclic) bond motifs is 2. The molecule has 19 heteroatoms. The normalized spacial score (nSPS) is 15.3. The van der Waals surface area contributed by atoms with E-state index in [9.17, 15) is 19.8 Å². The van der Waals surface area contributed by atoms with Gasteiger partial charge in [0.15, 0.2) is 11.3 Å². The molecule has 2 fully saturated rings. The molecule has 2 saturated heterocycles. The van der Waals surface area contributed by atoms with E-state index < -0.39 is 0 Å². The average Bonchev–Trinajstić information content (AvgIpc) is 4.04. The molecule has 2 amide bonds. The number of hydrogen-bond acceptors (Lipinski definition) is 15. The maximum Gasteiger partial charge on any atom is 0.255 e. The summed E-state index contributed by atoms with van der Waals surface area (Å²) in [5.41, 5.74) is 8.43. The van der Waals surface area contributed by atoms with Gasteiger partial charge >= 0.3 is 0 Å². The molecule has 6 heterocycles. The molecule has 2 aliphatic rings. The van der Waals surface area contributed by atoms with Crippen molar-refractivity contribution in [3.63, 3.8) is 0 Å². The van der Waals surface area contributed by atoms with Crippen molar-refractivity contribution in [1.29, 1.82) is 0 Å². The van der Waals surface area contributed by atoms with Crippen molar-refractivity contribution in [1.82, 2.24) is 39.2 Å². The van der Waals surface area contributed by atoms with E-state index in [1.165, 1.54) is 6.08 Å². The summed E-state index contributed by atoms with van der Waals surface area (Å²) in [5.74, 6) is 1.86. The van der Waals surface area contributed by atoms with Crippen LogP contribution >= 0.6 is 0 Å². The van der Waals surface area contributed by atoms with Crippen LogP contribution in [0, 0.1) is 0 Å². The van der Waals surface area contributed by atoms with Crippen LogP contribution in [0.25, 0.3) is 11.3 Å². The highest BCUT2D eigenvalue weighted by Gasteiger charge is 2.28. The number of rotatable bonds is 19. The topological polar surface area (TPSA) is 227 Å². The largest absolute Gasteiger partial charge is 0.396 e. The van der Waals surface area contributed by atoms with Gasteiger partial charge in [0.1, 0.15) is 0 Å². The number of benzene rings is 3. The maximum absolute atomic E-state index is 12.9. The van der Waals surface area contributed by atoms with E-state index in [0.29, 0.717) is 59.3 Å². The Morgan fingerprint density at radius 1 is 0.635 bits per heavy atom. The van der Waals surface area contributed by atoms with Crippen molar-refractivity contribution in [2.45, 2.75) is 97.6 Å². The summed E-state index contributed by atoms with van der Waals surface area (Å²) in [4.78, 5) is 48.5. The number of amides is 2. The van der Waals surface area contributed by atoms with E-state index in [0.717, 1.165) is 104 Å². The van der Waals surface area contributed by atoms with Gasteiger partial charge in [-0.05, 0) is 137 Å². The second-order valence-corrected chi connectivity index (χ2v) is 17.9. The lowest BCUT2D eigenvalue weighted by Crippen LogP contribution is -2.41. The SMILES string of the molecule is C.C=CC(=C)Nc1ccc(C(=O)Nc2cccc(Nc3nc(N4CCCCC4CCO)nc4c(CC)cnn34)c2)cc1.C=CC(=O)Nc1cccc(Nc2nc(N3CCCCC3CCO)nc3c(CC)cnn23)c1. The number of hydrogen-bond donors (Lipinski definition) is 7. The predicted octanol–water partition coefficient (Wildman–Crippen LogP) is 9.47. The summed E-state index contributed by atoms with van der Waals surface area (Å²) in [5, 5.41) is 43.8. The molecule has 74 heavy (non-hydrogen) atoms. The van der Waals surface area contributed by atoms with Crippen molar-refractivity contribution in [3.8, 4) is 0 Å². The summed E-state index contributed by atoms with van der Waals surface area (Å²) in [6, 6.07) is 22.4. The molecule has 7 N–H and O–H groups in total. The van der Waals surface area contributed by atoms with Crippen LogP contribution in [0.5, 0.6) is 0 Å². The van der Waals surface area contributed by atoms with Crippen LogP contribution < -0.4 is 36.4 Å². The number of nitrogens with zero attached hydrogens (tertiary/aromatic N) is 10. The van der Waals surface area contributed by atoms with Gasteiger partial charge in [-0.15, -0.1) is 0 Å². The Kier molecular flexibility index (Phi) is 18.5. The van der Waals surface area contributed by atoms with Crippen molar-refractivity contribution in [2.75, 3.05) is 62.7 Å². The molecule has 19 nitrogen and oxygen atoms in total. The van der Waals surface area contributed by atoms with Crippen LogP contribution in [-0.4, -0.2) is 99.6 Å². The maximum atomic E-state index is 12.9. The Hall–Kier alpha value is -8.16. The molecule has 2 aliphatic heterocycles. The molecule has 0 radical (unpaired) electrons. The Labute approximate surface area is 432 Å². The van der Waals surface area contributed by atoms with Gasteiger partial charge in [0.2, 0.25) is 29.7 Å². The third-order valence-corrected chi connectivity index (χ3v) is 13.0. The van der Waals surface area contributed by atoms with Crippen LogP contribution in [0.3, 0.4) is 0 Å². The van der Waals surface area contributed by atoms with Gasteiger partial charge in [0.05, 0.1) is 12.4 Å². The number of aryl methyl sites for hydroxylation is 2. The molecule has 9 rings (SSSR count). The Bertz CT molecular complexity index is 3060. The first kappa shape index (κ1) is 53.6. The summed E-state index contributed by atoms with van der Waals surface area (Å²) in [6.45, 7) is 17.1. The first-order chi connectivity index (χ1) is 35.6. The van der Waals surface area contributed by atoms with Crippen LogP contribution in [0.4, 0.5) is 52.2 Å². The second kappa shape index (κ2) is 25.5. The second-order valence-electron chi connectivity index (χ2n) is 17.9. The van der Waals surface area contributed by atoms with Crippen molar-refractivity contribution < 1.29 is 19.8 Å². The monoisotopic (exact) mass is 1000 g/mol. The van der Waals surface area contributed by atoms with Gasteiger partial charge in [-0.25, -0.2) is 0 Å². The molecule has 7 aromatic rings. The molecule has 0 bridgehead atoms. The molecule has 0 aliphatic carbocycles. The van der Waals surface area contributed by atoms with E-state index in [1.54, 1.807) is 27.2 Å². The molecular weight excluding hydrogens is 935 g/mol. The predicted molar refractivity (Wildman–Crippen MR) is 296 cm³/mol. The zero-order valence-corrected chi connectivity index (χ0v) is 41.6. The van der Waals surface area contributed by atoms with Gasteiger partial charge in [-0.3, -0.25) is 9.59 Å². The highest BCUT2D eigenvalue weighted by Crippen LogP contribution is 2.30. The molecule has 0 spiro atoms. The number of nitrogens with one attached hydrogen (secondary N) is 5. The fourth-order valence-corrected chi connectivity index (χ4v) is 9.11. The van der Waals surface area contributed by atoms with Gasteiger partial charge in [0, 0.05) is 89.2 Å². The lowest BCUT2D eigenvalue weighted by molar-refractivity contribution is -0.111. The summed E-state index contributed by atoms with van der Waals surface area (Å²) in [6.07, 6.45) is 15.9. The fraction of sp³-hybridized carbons (Fsp3) is 0.345. The molecule has 4 aromatic heterocycles. The molecular formula is C55H69N15O4. The first-order valence-electron chi connectivity index (χ1n) is 25.0. The number of aliphatic hydroxyl groups is 2. The Morgan fingerprint density at radius 3 is 1.58 bits per heavy atom. The van der Waals surface area contributed by atoms with Crippen LogP contribution in [0.15, 0.2) is 123 Å². The van der Waals surface area contributed by atoms with Crippen molar-refractivity contribution in [3.05, 3.63) is 139 Å². The fourth-order valence-electron chi connectivity index (χ4n) is 9.11. The number of carbonyl (C=O) groups excluding carboxylic acids is 2. The minimum Gasteiger partial charge on any atom is -0.396 e. The van der Waals surface area contributed by atoms with E-state index in [1.807, 2.05) is 73.1 Å². The quantitative estimate of drug-likeness (QED) is 0.0296. The van der Waals surface area contributed by atoms with Crippen LogP contribution in [0.1, 0.15) is 94.1 Å². The summed E-state index contributed by atoms with van der Waals surface area (Å²) in [7, 11) is 0. The number of anilines is 9. The summed E-state index contributed by atoms with van der Waals surface area (Å²) >= 11 is 0. The summed E-state index contributed by atoms with van der Waals surface area (Å²) < 4.78 is 3.43. The van der Waals surface area contributed by atoms with Gasteiger partial charge < -0.3 is 46.6 Å². The lowest BCUT2D eigenvalue weighted by Gasteiger charge is -2.35. The zero-order chi connectivity index (χ0) is 51.3. The van der Waals surface area contributed by atoms with Gasteiger partial charge in [-0.2, -0.15) is 39.2 Å². The number of allylic oxidation sites excluding steroid dienone is 1. The van der Waals surface area contributed by atoms with Crippen molar-refractivity contribution >= 4 is 75.3 Å². The van der Waals surface area contributed by atoms with E-state index in [2.05, 4.69) is 80.2 Å². The Morgan fingerprint density at radius 2 is 1.12 bits per heavy atom.